The Balaban J connectivity index is 1.58. The molecule has 2 aliphatic heterocycles. The third-order valence-electron chi connectivity index (χ3n) is 6.97. The quantitative estimate of drug-likeness (QED) is 0.481. The molecule has 10 nitrogen and oxygen atoms in total. The molecule has 2 aromatic rings. The van der Waals surface area contributed by atoms with E-state index in [0.717, 1.165) is 0 Å². The number of ether oxygens (including phenoxy) is 1. The maximum atomic E-state index is 13.8. The number of alkyl carbamates (subject to hydrolysis) is 1. The highest BCUT2D eigenvalue weighted by Gasteiger charge is 2.35. The van der Waals surface area contributed by atoms with Gasteiger partial charge >= 0.3 is 6.09 Å². The van der Waals surface area contributed by atoms with E-state index in [1.54, 1.807) is 48.8 Å². The summed E-state index contributed by atoms with van der Waals surface area (Å²) < 4.78 is 5.39. The Labute approximate surface area is 249 Å². The van der Waals surface area contributed by atoms with Crippen molar-refractivity contribution in [2.75, 3.05) is 19.6 Å². The molecule has 1 saturated heterocycles. The largest absolute Gasteiger partial charge is 0.444 e. The second-order valence-corrected chi connectivity index (χ2v) is 12.2. The van der Waals surface area contributed by atoms with Gasteiger partial charge in [-0.2, -0.15) is 0 Å². The summed E-state index contributed by atoms with van der Waals surface area (Å²) in [6.07, 6.45) is 0.253. The van der Waals surface area contributed by atoms with E-state index in [9.17, 15) is 19.2 Å². The van der Waals surface area contributed by atoms with E-state index in [0.29, 0.717) is 63.2 Å². The van der Waals surface area contributed by atoms with Gasteiger partial charge in [-0.25, -0.2) is 4.79 Å². The number of nitrogens with zero attached hydrogens (tertiary/aromatic N) is 3. The number of carbonyl (C=O) groups is 4. The van der Waals surface area contributed by atoms with Gasteiger partial charge < -0.3 is 25.2 Å². The fourth-order valence-corrected chi connectivity index (χ4v) is 5.70. The highest BCUT2D eigenvalue weighted by Crippen LogP contribution is 2.40. The molecule has 1 atom stereocenters. The van der Waals surface area contributed by atoms with Crippen LogP contribution in [0.15, 0.2) is 18.2 Å². The Morgan fingerprint density at radius 1 is 1.17 bits per heavy atom. The molecule has 1 fully saturated rings. The lowest BCUT2D eigenvalue weighted by molar-refractivity contribution is -0.130. The van der Waals surface area contributed by atoms with Crippen molar-refractivity contribution in [2.45, 2.75) is 72.2 Å². The maximum Gasteiger partial charge on any atom is 0.407 e. The molecule has 1 unspecified atom stereocenters. The molecule has 3 heterocycles. The van der Waals surface area contributed by atoms with Gasteiger partial charge in [0.2, 0.25) is 11.8 Å². The van der Waals surface area contributed by atoms with Crippen molar-refractivity contribution in [1.29, 1.82) is 0 Å². The number of halogens is 2. The van der Waals surface area contributed by atoms with Crippen molar-refractivity contribution in [3.63, 3.8) is 0 Å². The summed E-state index contributed by atoms with van der Waals surface area (Å²) in [5.74, 6) is -0.462. The summed E-state index contributed by atoms with van der Waals surface area (Å²) >= 11 is 12.8. The summed E-state index contributed by atoms with van der Waals surface area (Å²) in [6.45, 7) is 10.1. The molecule has 0 saturated carbocycles. The summed E-state index contributed by atoms with van der Waals surface area (Å²) in [5, 5.41) is 6.42. The number of amides is 4. The summed E-state index contributed by atoms with van der Waals surface area (Å²) in [4.78, 5) is 58.6. The number of aryl methyl sites for hydroxylation is 1. The van der Waals surface area contributed by atoms with Crippen molar-refractivity contribution < 1.29 is 23.9 Å². The molecule has 220 valence electrons. The first-order valence-corrected chi connectivity index (χ1v) is 14.3. The molecule has 4 amide bonds. The zero-order valence-corrected chi connectivity index (χ0v) is 25.4. The van der Waals surface area contributed by atoms with Gasteiger partial charge in [0.1, 0.15) is 5.60 Å². The first-order valence-electron chi connectivity index (χ1n) is 13.5. The lowest BCUT2D eigenvalue weighted by atomic mass is 9.92. The van der Waals surface area contributed by atoms with E-state index in [2.05, 4.69) is 10.6 Å². The van der Waals surface area contributed by atoms with Crippen LogP contribution < -0.4 is 10.6 Å². The Morgan fingerprint density at radius 2 is 1.90 bits per heavy atom. The molecule has 1 aromatic heterocycles. The third-order valence-corrected chi connectivity index (χ3v) is 7.52. The Morgan fingerprint density at radius 3 is 2.56 bits per heavy atom. The van der Waals surface area contributed by atoms with Crippen LogP contribution in [0, 0.1) is 6.92 Å². The molecule has 2 aliphatic rings. The average Bonchev–Trinajstić information content (AvgIpc) is 3.44. The zero-order chi connectivity index (χ0) is 30.1. The molecular formula is C29H35Cl2N5O5. The molecule has 4 rings (SSSR count). The molecule has 2 N–H and O–H groups in total. The molecule has 12 heteroatoms. The molecule has 0 aliphatic carbocycles. The average molecular weight is 605 g/mol. The highest BCUT2D eigenvalue weighted by atomic mass is 35.5. The number of benzene rings is 1. The predicted octanol–water partition coefficient (Wildman–Crippen LogP) is 4.47. The number of hydrogen-bond donors (Lipinski definition) is 2. The molecular weight excluding hydrogens is 569 g/mol. The van der Waals surface area contributed by atoms with Crippen molar-refractivity contribution >= 4 is 47.0 Å². The maximum absolute atomic E-state index is 13.8. The fourth-order valence-electron chi connectivity index (χ4n) is 5.20. The fraction of sp³-hybridized carbons (Fsp3) is 0.483. The van der Waals surface area contributed by atoms with Crippen molar-refractivity contribution in [1.82, 2.24) is 25.4 Å². The first-order chi connectivity index (χ1) is 19.2. The van der Waals surface area contributed by atoms with Crippen LogP contribution in [-0.2, 0) is 27.4 Å². The van der Waals surface area contributed by atoms with Crippen molar-refractivity contribution in [3.05, 3.63) is 50.8 Å². The minimum absolute atomic E-state index is 0.0549. The molecule has 0 spiro atoms. The number of fused-ring (bicyclic) bond motifs is 1. The van der Waals surface area contributed by atoms with Gasteiger partial charge in [-0.1, -0.05) is 29.3 Å². The third kappa shape index (κ3) is 7.29. The van der Waals surface area contributed by atoms with Gasteiger partial charge in [0.15, 0.2) is 0 Å². The molecule has 41 heavy (non-hydrogen) atoms. The van der Waals surface area contributed by atoms with Crippen LogP contribution in [0.25, 0.3) is 11.1 Å². The van der Waals surface area contributed by atoms with Crippen LogP contribution in [0.1, 0.15) is 67.8 Å². The van der Waals surface area contributed by atoms with Crippen LogP contribution in [-0.4, -0.2) is 69.9 Å². The van der Waals surface area contributed by atoms with Gasteiger partial charge in [0.05, 0.1) is 17.8 Å². The lowest BCUT2D eigenvalue weighted by Crippen LogP contribution is -2.38. The van der Waals surface area contributed by atoms with Gasteiger partial charge in [0.25, 0.3) is 5.91 Å². The van der Waals surface area contributed by atoms with Gasteiger partial charge in [0, 0.05) is 78.0 Å². The number of carbonyl (C=O) groups excluding carboxylic acids is 4. The number of pyridine rings is 1. The lowest BCUT2D eigenvalue weighted by Gasteiger charge is -2.21. The molecule has 1 aromatic carbocycles. The first kappa shape index (κ1) is 30.6. The Bertz CT molecular complexity index is 1390. The number of likely N-dealkylation sites (tertiary alicyclic amines) is 1. The molecule has 0 radical (unpaired) electrons. The van der Waals surface area contributed by atoms with Gasteiger partial charge in [-0.3, -0.25) is 19.4 Å². The predicted molar refractivity (Wildman–Crippen MR) is 156 cm³/mol. The number of rotatable bonds is 7. The monoisotopic (exact) mass is 603 g/mol. The smallest absolute Gasteiger partial charge is 0.407 e. The van der Waals surface area contributed by atoms with E-state index in [4.69, 9.17) is 32.9 Å². The van der Waals surface area contributed by atoms with Crippen LogP contribution in [0.4, 0.5) is 4.79 Å². The van der Waals surface area contributed by atoms with Crippen LogP contribution >= 0.6 is 23.2 Å². The Hall–Kier alpha value is -3.37. The second-order valence-electron chi connectivity index (χ2n) is 11.4. The van der Waals surface area contributed by atoms with Crippen LogP contribution in [0.5, 0.6) is 0 Å². The van der Waals surface area contributed by atoms with Gasteiger partial charge in [-0.15, -0.1) is 0 Å². The minimum atomic E-state index is -0.675. The number of nitrogens with one attached hydrogen (secondary N) is 2. The summed E-state index contributed by atoms with van der Waals surface area (Å²) in [5.41, 5.74) is 2.71. The Kier molecular flexibility index (Phi) is 9.13. The minimum Gasteiger partial charge on any atom is -0.444 e. The standard InChI is InChI=1S/C29H35Cl2N5O5/c1-16-21(13-32-28(40)41-29(3,4)5)25(20-7-6-18(30)12-22(20)31)26-23(33-16)15-36(27(26)39)11-9-24(38)35-10-8-19(14-35)34-17(2)37/h6-7,12,19H,8-11,13-15H2,1-5H3,(H,32,40)(H,34,37). The number of hydrogen-bond acceptors (Lipinski definition) is 6. The van der Waals surface area contributed by atoms with Crippen LogP contribution in [0.2, 0.25) is 10.0 Å². The topological polar surface area (TPSA) is 121 Å². The summed E-state index contributed by atoms with van der Waals surface area (Å²) in [6, 6.07) is 4.98. The van der Waals surface area contributed by atoms with Crippen LogP contribution in [0.3, 0.4) is 0 Å². The van der Waals surface area contributed by atoms with E-state index in [1.165, 1.54) is 6.92 Å². The van der Waals surface area contributed by atoms with E-state index in [-0.39, 0.29) is 49.8 Å². The normalized spacial score (nSPS) is 16.6. The number of aromatic nitrogens is 1. The van der Waals surface area contributed by atoms with E-state index < -0.39 is 11.7 Å². The van der Waals surface area contributed by atoms with Crippen molar-refractivity contribution in [3.8, 4) is 11.1 Å². The summed E-state index contributed by atoms with van der Waals surface area (Å²) in [7, 11) is 0. The molecule has 0 bridgehead atoms. The second kappa shape index (κ2) is 12.2. The van der Waals surface area contributed by atoms with Gasteiger partial charge in [-0.05, 0) is 46.2 Å². The van der Waals surface area contributed by atoms with E-state index in [1.807, 2.05) is 6.92 Å². The zero-order valence-electron chi connectivity index (χ0n) is 23.9. The SMILES string of the molecule is CC(=O)NC1CCN(C(=O)CCN2Cc3nc(C)c(CNC(=O)OC(C)(C)C)c(-c4ccc(Cl)cc4Cl)c3C2=O)C1. The van der Waals surface area contributed by atoms with E-state index >= 15 is 0 Å². The highest BCUT2D eigenvalue weighted by molar-refractivity contribution is 6.36. The van der Waals surface area contributed by atoms with Crippen molar-refractivity contribution in [2.24, 2.45) is 0 Å².